The van der Waals surface area contributed by atoms with E-state index in [-0.39, 0.29) is 11.1 Å². The Labute approximate surface area is 120 Å². The second kappa shape index (κ2) is 5.30. The first-order valence-electron chi connectivity index (χ1n) is 5.54. The highest BCUT2D eigenvalue weighted by atomic mass is 35.5. The van der Waals surface area contributed by atoms with Gasteiger partial charge in [-0.3, -0.25) is 4.79 Å². The second-order valence-electron chi connectivity index (χ2n) is 4.18. The average Bonchev–Trinajstić information content (AvgIpc) is 2.35. The summed E-state index contributed by atoms with van der Waals surface area (Å²) in [5, 5.41) is 1.70. The molecule has 0 fully saturated rings. The maximum atomic E-state index is 12.0. The molecule has 2 rings (SSSR count). The lowest BCUT2D eigenvalue weighted by atomic mass is 10.2. The SMILES string of the molecule is CSc1nc(C)nc2nc(Cl)c(C(=O)N(C)C)cc12. The van der Waals surface area contributed by atoms with Crippen molar-refractivity contribution in [3.05, 3.63) is 22.6 Å². The minimum atomic E-state index is -0.188. The number of rotatable bonds is 2. The molecule has 0 spiro atoms. The van der Waals surface area contributed by atoms with Gasteiger partial charge in [0.2, 0.25) is 0 Å². The van der Waals surface area contributed by atoms with Crippen LogP contribution >= 0.6 is 23.4 Å². The first kappa shape index (κ1) is 14.0. The molecule has 0 saturated carbocycles. The fourth-order valence-corrected chi connectivity index (χ4v) is 2.47. The van der Waals surface area contributed by atoms with Gasteiger partial charge in [-0.25, -0.2) is 15.0 Å². The number of halogens is 1. The zero-order chi connectivity index (χ0) is 14.2. The number of thioether (sulfide) groups is 1. The predicted octanol–water partition coefficient (Wildman–Crippen LogP) is 2.41. The Balaban J connectivity index is 2.73. The topological polar surface area (TPSA) is 59.0 Å². The maximum absolute atomic E-state index is 12.0. The number of amides is 1. The van der Waals surface area contributed by atoms with Crippen LogP contribution in [0.5, 0.6) is 0 Å². The number of nitrogens with zero attached hydrogens (tertiary/aromatic N) is 4. The van der Waals surface area contributed by atoms with Crippen LogP contribution in [0.15, 0.2) is 11.1 Å². The highest BCUT2D eigenvalue weighted by Crippen LogP contribution is 2.26. The van der Waals surface area contributed by atoms with Crippen LogP contribution in [0.4, 0.5) is 0 Å². The average molecular weight is 297 g/mol. The molecule has 1 amide bonds. The van der Waals surface area contributed by atoms with Crippen molar-refractivity contribution in [1.29, 1.82) is 0 Å². The number of hydrogen-bond acceptors (Lipinski definition) is 5. The maximum Gasteiger partial charge on any atom is 0.256 e. The van der Waals surface area contributed by atoms with E-state index in [0.717, 1.165) is 10.4 Å². The molecule has 2 aromatic rings. The number of hydrogen-bond donors (Lipinski definition) is 0. The smallest absolute Gasteiger partial charge is 0.256 e. The number of aromatic nitrogens is 3. The van der Waals surface area contributed by atoms with E-state index < -0.39 is 0 Å². The molecule has 0 aliphatic carbocycles. The quantitative estimate of drug-likeness (QED) is 0.484. The van der Waals surface area contributed by atoms with Crippen molar-refractivity contribution in [3.63, 3.8) is 0 Å². The lowest BCUT2D eigenvalue weighted by Crippen LogP contribution is -2.22. The predicted molar refractivity (Wildman–Crippen MR) is 76.9 cm³/mol. The van der Waals surface area contributed by atoms with Crippen molar-refractivity contribution in [1.82, 2.24) is 19.9 Å². The summed E-state index contributed by atoms with van der Waals surface area (Å²) in [6, 6.07) is 1.71. The first-order valence-corrected chi connectivity index (χ1v) is 7.15. The fourth-order valence-electron chi connectivity index (χ4n) is 1.66. The molecule has 2 heterocycles. The minimum Gasteiger partial charge on any atom is -0.345 e. The molecule has 5 nitrogen and oxygen atoms in total. The Bertz CT molecular complexity index is 660. The molecule has 2 aromatic heterocycles. The molecule has 7 heteroatoms. The van der Waals surface area contributed by atoms with Gasteiger partial charge < -0.3 is 4.90 Å². The zero-order valence-corrected chi connectivity index (χ0v) is 12.6. The second-order valence-corrected chi connectivity index (χ2v) is 5.33. The van der Waals surface area contributed by atoms with E-state index in [2.05, 4.69) is 15.0 Å². The van der Waals surface area contributed by atoms with Crippen molar-refractivity contribution in [2.45, 2.75) is 11.9 Å². The molecular formula is C12H13ClN4OS. The van der Waals surface area contributed by atoms with Gasteiger partial charge in [-0.1, -0.05) is 11.6 Å². The third-order valence-electron chi connectivity index (χ3n) is 2.55. The van der Waals surface area contributed by atoms with Crippen LogP contribution < -0.4 is 0 Å². The molecule has 100 valence electrons. The Kier molecular flexibility index (Phi) is 3.91. The molecule has 0 aliphatic rings. The number of aryl methyl sites for hydroxylation is 1. The van der Waals surface area contributed by atoms with Crippen LogP contribution in [-0.4, -0.2) is 46.1 Å². The zero-order valence-electron chi connectivity index (χ0n) is 11.1. The van der Waals surface area contributed by atoms with Gasteiger partial charge in [0.15, 0.2) is 5.65 Å². The highest BCUT2D eigenvalue weighted by Gasteiger charge is 2.17. The van der Waals surface area contributed by atoms with Crippen molar-refractivity contribution >= 4 is 40.3 Å². The lowest BCUT2D eigenvalue weighted by molar-refractivity contribution is 0.0827. The minimum absolute atomic E-state index is 0.163. The van der Waals surface area contributed by atoms with E-state index in [1.165, 1.54) is 16.7 Å². The molecule has 0 saturated heterocycles. The van der Waals surface area contributed by atoms with Gasteiger partial charge in [0.05, 0.1) is 10.9 Å². The van der Waals surface area contributed by atoms with E-state index in [1.54, 1.807) is 27.1 Å². The van der Waals surface area contributed by atoms with Crippen LogP contribution in [0.1, 0.15) is 16.2 Å². The Morgan fingerprint density at radius 2 is 2.00 bits per heavy atom. The Morgan fingerprint density at radius 3 is 2.58 bits per heavy atom. The van der Waals surface area contributed by atoms with Crippen LogP contribution in [0, 0.1) is 6.92 Å². The van der Waals surface area contributed by atoms with Crippen LogP contribution in [0.25, 0.3) is 11.0 Å². The summed E-state index contributed by atoms with van der Waals surface area (Å²) in [5.74, 6) is 0.444. The number of carbonyl (C=O) groups excluding carboxylic acids is 1. The van der Waals surface area contributed by atoms with Gasteiger partial charge in [-0.2, -0.15) is 0 Å². The summed E-state index contributed by atoms with van der Waals surface area (Å²) >= 11 is 7.55. The summed E-state index contributed by atoms with van der Waals surface area (Å²) in [6.07, 6.45) is 1.92. The van der Waals surface area contributed by atoms with E-state index in [0.29, 0.717) is 17.0 Å². The summed E-state index contributed by atoms with van der Waals surface area (Å²) < 4.78 is 0. The van der Waals surface area contributed by atoms with E-state index >= 15 is 0 Å². The number of fused-ring (bicyclic) bond motifs is 1. The van der Waals surface area contributed by atoms with Crippen LogP contribution in [0.3, 0.4) is 0 Å². The number of pyridine rings is 1. The van der Waals surface area contributed by atoms with Crippen molar-refractivity contribution in [2.75, 3.05) is 20.4 Å². The molecule has 0 unspecified atom stereocenters. The van der Waals surface area contributed by atoms with E-state index in [1.807, 2.05) is 6.26 Å². The molecule has 0 radical (unpaired) electrons. The van der Waals surface area contributed by atoms with Crippen molar-refractivity contribution < 1.29 is 4.79 Å². The van der Waals surface area contributed by atoms with Gasteiger partial charge in [0.25, 0.3) is 5.91 Å². The highest BCUT2D eigenvalue weighted by molar-refractivity contribution is 7.98. The van der Waals surface area contributed by atoms with Gasteiger partial charge >= 0.3 is 0 Å². The summed E-state index contributed by atoms with van der Waals surface area (Å²) in [4.78, 5) is 26.3. The van der Waals surface area contributed by atoms with Crippen LogP contribution in [0.2, 0.25) is 5.15 Å². The van der Waals surface area contributed by atoms with E-state index in [4.69, 9.17) is 11.6 Å². The third-order valence-corrected chi connectivity index (χ3v) is 3.53. The molecule has 0 aliphatic heterocycles. The Morgan fingerprint density at radius 1 is 1.32 bits per heavy atom. The molecule has 19 heavy (non-hydrogen) atoms. The molecular weight excluding hydrogens is 284 g/mol. The molecule has 0 N–H and O–H groups in total. The summed E-state index contributed by atoms with van der Waals surface area (Å²) in [5.41, 5.74) is 0.874. The Hall–Kier alpha value is -1.40. The standard InChI is InChI=1S/C12H13ClN4OS/c1-6-14-10-8(11(15-6)19-4)5-7(9(13)16-10)12(18)17(2)3/h5H,1-4H3. The number of carbonyl (C=O) groups is 1. The van der Waals surface area contributed by atoms with Gasteiger partial charge in [0, 0.05) is 14.1 Å². The molecule has 0 bridgehead atoms. The lowest BCUT2D eigenvalue weighted by Gasteiger charge is -2.12. The van der Waals surface area contributed by atoms with Gasteiger partial charge in [0.1, 0.15) is 16.0 Å². The van der Waals surface area contributed by atoms with E-state index in [9.17, 15) is 4.79 Å². The fraction of sp³-hybridized carbons (Fsp3) is 0.333. The summed E-state index contributed by atoms with van der Waals surface area (Å²) in [7, 11) is 3.34. The first-order chi connectivity index (χ1) is 8.93. The van der Waals surface area contributed by atoms with Crippen molar-refractivity contribution in [2.24, 2.45) is 0 Å². The molecule has 0 atom stereocenters. The summed E-state index contributed by atoms with van der Waals surface area (Å²) in [6.45, 7) is 1.80. The van der Waals surface area contributed by atoms with Crippen LogP contribution in [-0.2, 0) is 0 Å². The largest absolute Gasteiger partial charge is 0.345 e. The normalized spacial score (nSPS) is 10.8. The van der Waals surface area contributed by atoms with Gasteiger partial charge in [-0.05, 0) is 19.2 Å². The van der Waals surface area contributed by atoms with Gasteiger partial charge in [-0.15, -0.1) is 11.8 Å². The monoisotopic (exact) mass is 296 g/mol. The molecule has 0 aromatic carbocycles. The third kappa shape index (κ3) is 2.64. The van der Waals surface area contributed by atoms with Crippen molar-refractivity contribution in [3.8, 4) is 0 Å².